The summed E-state index contributed by atoms with van der Waals surface area (Å²) < 4.78 is 5.13. The number of carbonyl (C=O) groups excluding carboxylic acids is 2. The van der Waals surface area contributed by atoms with E-state index in [4.69, 9.17) is 4.74 Å². The van der Waals surface area contributed by atoms with E-state index < -0.39 is 34.7 Å². The summed E-state index contributed by atoms with van der Waals surface area (Å²) in [7, 11) is 1.40. The van der Waals surface area contributed by atoms with Crippen molar-refractivity contribution in [3.8, 4) is 0 Å². The number of carbonyl (C=O) groups is 2. The van der Waals surface area contributed by atoms with Crippen LogP contribution in [0.3, 0.4) is 0 Å². The van der Waals surface area contributed by atoms with Crippen LogP contribution in [0.2, 0.25) is 0 Å². The van der Waals surface area contributed by atoms with Gasteiger partial charge in [-0.1, -0.05) is 6.08 Å². The molecular formula is C13H23N3O5. The van der Waals surface area contributed by atoms with Gasteiger partial charge in [-0.2, -0.15) is 0 Å². The number of rotatable bonds is 6. The maximum absolute atomic E-state index is 11.9. The van der Waals surface area contributed by atoms with Crippen molar-refractivity contribution in [3.63, 3.8) is 0 Å². The maximum atomic E-state index is 11.9. The van der Waals surface area contributed by atoms with E-state index in [1.807, 2.05) is 0 Å². The summed E-state index contributed by atoms with van der Waals surface area (Å²) in [6.45, 7) is 9.97. The standard InChI is InChI=1S/C13H23N3O5/c1-7-8-10(16(19)20)14-11(17)9(2)15(6)12(18)21-13(3,4)5/h7,9-10H,1,8H2,2-6H3,(H,14,17)/t9-,10?/m0/s1. The Bertz CT molecular complexity index is 417. The molecule has 0 saturated carbocycles. The molecule has 0 aliphatic heterocycles. The monoisotopic (exact) mass is 301 g/mol. The smallest absolute Gasteiger partial charge is 0.410 e. The minimum Gasteiger partial charge on any atom is -0.444 e. The molecule has 2 amide bonds. The number of nitrogens with zero attached hydrogens (tertiary/aromatic N) is 2. The van der Waals surface area contributed by atoms with Crippen molar-refractivity contribution in [2.45, 2.75) is 51.9 Å². The van der Waals surface area contributed by atoms with Crippen LogP contribution in [0.4, 0.5) is 4.79 Å². The number of nitro groups is 1. The first kappa shape index (κ1) is 18.9. The molecule has 0 saturated heterocycles. The molecule has 0 aromatic carbocycles. The van der Waals surface area contributed by atoms with Crippen molar-refractivity contribution in [2.75, 3.05) is 7.05 Å². The Morgan fingerprint density at radius 1 is 1.48 bits per heavy atom. The van der Waals surface area contributed by atoms with Crippen LogP contribution in [0.1, 0.15) is 34.1 Å². The molecule has 0 aromatic heterocycles. The highest BCUT2D eigenvalue weighted by Gasteiger charge is 2.30. The highest BCUT2D eigenvalue weighted by atomic mass is 16.6. The Balaban J connectivity index is 4.72. The van der Waals surface area contributed by atoms with Gasteiger partial charge in [0.15, 0.2) is 0 Å². The fourth-order valence-corrected chi connectivity index (χ4v) is 1.31. The number of hydrogen-bond acceptors (Lipinski definition) is 5. The predicted molar refractivity (Wildman–Crippen MR) is 77.2 cm³/mol. The van der Waals surface area contributed by atoms with Crippen LogP contribution in [-0.4, -0.2) is 46.7 Å². The number of nitrogens with one attached hydrogen (secondary N) is 1. The van der Waals surface area contributed by atoms with Crippen molar-refractivity contribution in [1.82, 2.24) is 10.2 Å². The van der Waals surface area contributed by atoms with Crippen LogP contribution in [-0.2, 0) is 9.53 Å². The molecule has 21 heavy (non-hydrogen) atoms. The van der Waals surface area contributed by atoms with Crippen molar-refractivity contribution in [1.29, 1.82) is 0 Å². The van der Waals surface area contributed by atoms with Crippen LogP contribution < -0.4 is 5.32 Å². The zero-order valence-electron chi connectivity index (χ0n) is 13.1. The lowest BCUT2D eigenvalue weighted by atomic mass is 10.2. The quantitative estimate of drug-likeness (QED) is 0.347. The van der Waals surface area contributed by atoms with Crippen LogP contribution in [0.15, 0.2) is 12.7 Å². The topological polar surface area (TPSA) is 102 Å². The minimum atomic E-state index is -1.26. The average Bonchev–Trinajstić information content (AvgIpc) is 2.33. The summed E-state index contributed by atoms with van der Waals surface area (Å²) in [5.74, 6) is -0.632. The third-order valence-electron chi connectivity index (χ3n) is 2.60. The van der Waals surface area contributed by atoms with E-state index in [0.29, 0.717) is 0 Å². The molecule has 1 unspecified atom stereocenters. The Hall–Kier alpha value is -2.12. The maximum Gasteiger partial charge on any atom is 0.410 e. The van der Waals surface area contributed by atoms with Crippen molar-refractivity contribution in [2.24, 2.45) is 0 Å². The van der Waals surface area contributed by atoms with E-state index >= 15 is 0 Å². The summed E-state index contributed by atoms with van der Waals surface area (Å²) >= 11 is 0. The second kappa shape index (κ2) is 7.61. The summed E-state index contributed by atoms with van der Waals surface area (Å²) in [5.41, 5.74) is -0.687. The second-order valence-corrected chi connectivity index (χ2v) is 5.60. The molecule has 0 radical (unpaired) electrons. The molecule has 0 heterocycles. The number of ether oxygens (including phenoxy) is 1. The van der Waals surface area contributed by atoms with Gasteiger partial charge in [-0.15, -0.1) is 6.58 Å². The van der Waals surface area contributed by atoms with Gasteiger partial charge in [0, 0.05) is 12.0 Å². The second-order valence-electron chi connectivity index (χ2n) is 5.60. The third-order valence-corrected chi connectivity index (χ3v) is 2.60. The van der Waals surface area contributed by atoms with Crippen LogP contribution >= 0.6 is 0 Å². The van der Waals surface area contributed by atoms with Gasteiger partial charge in [-0.05, 0) is 27.7 Å². The molecule has 120 valence electrons. The van der Waals surface area contributed by atoms with E-state index in [1.165, 1.54) is 20.0 Å². The Morgan fingerprint density at radius 3 is 2.38 bits per heavy atom. The Labute approximate surface area is 124 Å². The fraction of sp³-hybridized carbons (Fsp3) is 0.692. The third kappa shape index (κ3) is 6.73. The zero-order chi connectivity index (χ0) is 16.8. The largest absolute Gasteiger partial charge is 0.444 e. The molecule has 1 N–H and O–H groups in total. The number of likely N-dealkylation sites (N-methyl/N-ethyl adjacent to an activating group) is 1. The zero-order valence-corrected chi connectivity index (χ0v) is 13.1. The molecule has 0 fully saturated rings. The van der Waals surface area contributed by atoms with Crippen molar-refractivity contribution < 1.29 is 19.2 Å². The predicted octanol–water partition coefficient (Wildman–Crippen LogP) is 1.54. The van der Waals surface area contributed by atoms with Gasteiger partial charge in [0.05, 0.1) is 6.42 Å². The summed E-state index contributed by atoms with van der Waals surface area (Å²) in [4.78, 5) is 35.0. The van der Waals surface area contributed by atoms with Crippen LogP contribution in [0.25, 0.3) is 0 Å². The fourth-order valence-electron chi connectivity index (χ4n) is 1.31. The minimum absolute atomic E-state index is 0.00160. The SMILES string of the molecule is C=CCC(NC(=O)[C@H](C)N(C)C(=O)OC(C)(C)C)[N+](=O)[O-]. The van der Waals surface area contributed by atoms with Gasteiger partial charge < -0.3 is 4.74 Å². The van der Waals surface area contributed by atoms with Gasteiger partial charge in [-0.3, -0.25) is 25.1 Å². The number of amides is 2. The highest BCUT2D eigenvalue weighted by molar-refractivity contribution is 5.85. The lowest BCUT2D eigenvalue weighted by Gasteiger charge is -2.28. The molecular weight excluding hydrogens is 278 g/mol. The molecule has 2 atom stereocenters. The first-order valence-corrected chi connectivity index (χ1v) is 6.50. The van der Waals surface area contributed by atoms with E-state index in [2.05, 4.69) is 11.9 Å². The number of hydrogen-bond donors (Lipinski definition) is 1. The Kier molecular flexibility index (Phi) is 6.84. The van der Waals surface area contributed by atoms with Crippen LogP contribution in [0.5, 0.6) is 0 Å². The first-order chi connectivity index (χ1) is 9.49. The van der Waals surface area contributed by atoms with E-state index in [-0.39, 0.29) is 6.42 Å². The van der Waals surface area contributed by atoms with Gasteiger partial charge in [-0.25, -0.2) is 4.79 Å². The van der Waals surface area contributed by atoms with E-state index in [9.17, 15) is 19.7 Å². The molecule has 0 aliphatic carbocycles. The molecule has 0 aliphatic rings. The summed E-state index contributed by atoms with van der Waals surface area (Å²) in [6, 6.07) is -0.896. The van der Waals surface area contributed by atoms with Crippen LogP contribution in [0, 0.1) is 10.1 Å². The summed E-state index contributed by atoms with van der Waals surface area (Å²) in [6.07, 6.45) is -0.589. The first-order valence-electron chi connectivity index (χ1n) is 6.50. The average molecular weight is 301 g/mol. The van der Waals surface area contributed by atoms with Crippen molar-refractivity contribution in [3.05, 3.63) is 22.8 Å². The summed E-state index contributed by atoms with van der Waals surface area (Å²) in [5, 5.41) is 13.0. The van der Waals surface area contributed by atoms with E-state index in [0.717, 1.165) is 4.90 Å². The van der Waals surface area contributed by atoms with Gasteiger partial charge >= 0.3 is 6.09 Å². The molecule has 0 rings (SSSR count). The molecule has 0 spiro atoms. The highest BCUT2D eigenvalue weighted by Crippen LogP contribution is 2.11. The normalized spacial score (nSPS) is 13.8. The molecule has 0 aromatic rings. The lowest BCUT2D eigenvalue weighted by Crippen LogP contribution is -2.51. The molecule has 8 heteroatoms. The van der Waals surface area contributed by atoms with Gasteiger partial charge in [0.1, 0.15) is 11.6 Å². The molecule has 0 bridgehead atoms. The molecule has 8 nitrogen and oxygen atoms in total. The van der Waals surface area contributed by atoms with Gasteiger partial charge in [0.25, 0.3) is 6.17 Å². The van der Waals surface area contributed by atoms with E-state index in [1.54, 1.807) is 20.8 Å². The van der Waals surface area contributed by atoms with Gasteiger partial charge in [0.2, 0.25) is 5.91 Å². The Morgan fingerprint density at radius 2 is 2.00 bits per heavy atom. The van der Waals surface area contributed by atoms with Crippen molar-refractivity contribution >= 4 is 12.0 Å². The lowest BCUT2D eigenvalue weighted by molar-refractivity contribution is -0.526.